The molecule has 3 rings (SSSR count). The van der Waals surface area contributed by atoms with E-state index in [9.17, 15) is 17.6 Å². The standard InChI is InChI=1S/C18H15F4N5/c19-14-5-1-12(2-6-14)9-10-23-17-26-16(11-24-27-17)25-15-7-3-13(4-8-15)18(20,21)22/h1-8,11H,9-10H2,(H2,23,25,26,27). The highest BCUT2D eigenvalue weighted by atomic mass is 19.4. The van der Waals surface area contributed by atoms with E-state index in [4.69, 9.17) is 0 Å². The first-order valence-corrected chi connectivity index (χ1v) is 8.02. The van der Waals surface area contributed by atoms with Crippen molar-refractivity contribution >= 4 is 17.5 Å². The Balaban J connectivity index is 1.57. The van der Waals surface area contributed by atoms with Crippen molar-refractivity contribution in [3.05, 3.63) is 71.7 Å². The van der Waals surface area contributed by atoms with Crippen LogP contribution >= 0.6 is 0 Å². The smallest absolute Gasteiger partial charge is 0.353 e. The van der Waals surface area contributed by atoms with Gasteiger partial charge < -0.3 is 10.6 Å². The summed E-state index contributed by atoms with van der Waals surface area (Å²) in [5.41, 5.74) is 0.675. The van der Waals surface area contributed by atoms with Gasteiger partial charge in [-0.2, -0.15) is 23.3 Å². The molecule has 0 bridgehead atoms. The molecule has 0 spiro atoms. The summed E-state index contributed by atoms with van der Waals surface area (Å²) in [4.78, 5) is 4.21. The van der Waals surface area contributed by atoms with Gasteiger partial charge in [0.2, 0.25) is 5.95 Å². The van der Waals surface area contributed by atoms with Crippen molar-refractivity contribution in [3.8, 4) is 0 Å². The van der Waals surface area contributed by atoms with Crippen LogP contribution in [0.25, 0.3) is 0 Å². The van der Waals surface area contributed by atoms with Crippen LogP contribution in [0.5, 0.6) is 0 Å². The minimum absolute atomic E-state index is 0.272. The summed E-state index contributed by atoms with van der Waals surface area (Å²) in [5.74, 6) is 0.323. The molecule has 2 aromatic carbocycles. The number of aromatic nitrogens is 3. The molecule has 3 aromatic rings. The van der Waals surface area contributed by atoms with Crippen LogP contribution in [-0.2, 0) is 12.6 Å². The van der Waals surface area contributed by atoms with Crippen molar-refractivity contribution in [2.24, 2.45) is 0 Å². The van der Waals surface area contributed by atoms with Crippen LogP contribution in [0.3, 0.4) is 0 Å². The van der Waals surface area contributed by atoms with Crippen LogP contribution in [-0.4, -0.2) is 21.7 Å². The van der Waals surface area contributed by atoms with Gasteiger partial charge in [0.15, 0.2) is 5.82 Å². The minimum Gasteiger partial charge on any atom is -0.353 e. The first-order chi connectivity index (χ1) is 12.9. The van der Waals surface area contributed by atoms with Crippen LogP contribution in [0.15, 0.2) is 54.7 Å². The molecule has 27 heavy (non-hydrogen) atoms. The maximum atomic E-state index is 12.9. The number of alkyl halides is 3. The van der Waals surface area contributed by atoms with E-state index in [1.165, 1.54) is 30.5 Å². The Morgan fingerprint density at radius 2 is 1.63 bits per heavy atom. The first kappa shape index (κ1) is 18.6. The fourth-order valence-corrected chi connectivity index (χ4v) is 2.30. The zero-order valence-corrected chi connectivity index (χ0v) is 14.0. The quantitative estimate of drug-likeness (QED) is 0.623. The van der Waals surface area contributed by atoms with Gasteiger partial charge in [-0.25, -0.2) is 4.39 Å². The monoisotopic (exact) mass is 377 g/mol. The molecule has 0 amide bonds. The molecule has 0 fully saturated rings. The maximum absolute atomic E-state index is 12.9. The van der Waals surface area contributed by atoms with E-state index in [-0.39, 0.29) is 11.8 Å². The Kier molecular flexibility index (Phi) is 5.49. The summed E-state index contributed by atoms with van der Waals surface area (Å²) >= 11 is 0. The molecule has 0 aliphatic heterocycles. The molecule has 140 valence electrons. The Bertz CT molecular complexity index is 880. The highest BCUT2D eigenvalue weighted by Gasteiger charge is 2.29. The number of hydrogen-bond donors (Lipinski definition) is 2. The van der Waals surface area contributed by atoms with Crippen LogP contribution in [0, 0.1) is 5.82 Å². The molecule has 9 heteroatoms. The Morgan fingerprint density at radius 1 is 0.926 bits per heavy atom. The molecule has 1 aromatic heterocycles. The topological polar surface area (TPSA) is 62.7 Å². The molecular formula is C18H15F4N5. The second kappa shape index (κ2) is 7.98. The lowest BCUT2D eigenvalue weighted by Gasteiger charge is -2.10. The highest BCUT2D eigenvalue weighted by Crippen LogP contribution is 2.30. The Hall–Kier alpha value is -3.23. The average Bonchev–Trinajstić information content (AvgIpc) is 2.63. The third kappa shape index (κ3) is 5.37. The van der Waals surface area contributed by atoms with Crippen molar-refractivity contribution in [3.63, 3.8) is 0 Å². The summed E-state index contributed by atoms with van der Waals surface area (Å²) in [7, 11) is 0. The highest BCUT2D eigenvalue weighted by molar-refractivity contribution is 5.56. The summed E-state index contributed by atoms with van der Waals surface area (Å²) in [6.45, 7) is 0.511. The van der Waals surface area contributed by atoms with Gasteiger partial charge in [0.05, 0.1) is 11.8 Å². The zero-order chi connectivity index (χ0) is 19.3. The summed E-state index contributed by atoms with van der Waals surface area (Å²) in [5, 5.41) is 13.5. The Labute approximate surface area is 152 Å². The molecule has 2 N–H and O–H groups in total. The van der Waals surface area contributed by atoms with E-state index in [1.807, 2.05) is 0 Å². The van der Waals surface area contributed by atoms with Gasteiger partial charge in [0.1, 0.15) is 5.82 Å². The average molecular weight is 377 g/mol. The third-order valence-corrected chi connectivity index (χ3v) is 3.65. The lowest BCUT2D eigenvalue weighted by molar-refractivity contribution is -0.137. The van der Waals surface area contributed by atoms with E-state index in [0.717, 1.165) is 17.7 Å². The van der Waals surface area contributed by atoms with E-state index in [1.54, 1.807) is 12.1 Å². The number of benzene rings is 2. The van der Waals surface area contributed by atoms with Gasteiger partial charge in [0, 0.05) is 12.2 Å². The fourth-order valence-electron chi connectivity index (χ4n) is 2.30. The Morgan fingerprint density at radius 3 is 2.30 bits per heavy atom. The normalized spacial score (nSPS) is 11.3. The molecule has 0 aliphatic rings. The first-order valence-electron chi connectivity index (χ1n) is 8.02. The van der Waals surface area contributed by atoms with E-state index in [0.29, 0.717) is 24.5 Å². The van der Waals surface area contributed by atoms with Crippen molar-refractivity contribution in [2.45, 2.75) is 12.6 Å². The number of rotatable bonds is 6. The van der Waals surface area contributed by atoms with Crippen LogP contribution < -0.4 is 10.6 Å². The summed E-state index contributed by atoms with van der Waals surface area (Å²) in [6.07, 6.45) is -2.38. The van der Waals surface area contributed by atoms with Gasteiger partial charge in [-0.1, -0.05) is 12.1 Å². The van der Waals surface area contributed by atoms with Crippen molar-refractivity contribution in [2.75, 3.05) is 17.2 Å². The second-order valence-corrected chi connectivity index (χ2v) is 5.67. The molecule has 5 nitrogen and oxygen atoms in total. The number of halogens is 4. The van der Waals surface area contributed by atoms with Gasteiger partial charge in [-0.15, -0.1) is 5.10 Å². The summed E-state index contributed by atoms with van der Waals surface area (Å²) in [6, 6.07) is 10.8. The predicted molar refractivity (Wildman–Crippen MR) is 93.1 cm³/mol. The lowest BCUT2D eigenvalue weighted by Crippen LogP contribution is -2.10. The molecule has 0 atom stereocenters. The number of anilines is 3. The molecule has 0 unspecified atom stereocenters. The van der Waals surface area contributed by atoms with Crippen molar-refractivity contribution in [1.29, 1.82) is 0 Å². The molecule has 0 aliphatic carbocycles. The van der Waals surface area contributed by atoms with Crippen molar-refractivity contribution < 1.29 is 17.6 Å². The van der Waals surface area contributed by atoms with E-state index >= 15 is 0 Å². The molecule has 1 heterocycles. The van der Waals surface area contributed by atoms with Gasteiger partial charge in [-0.05, 0) is 48.4 Å². The van der Waals surface area contributed by atoms with E-state index < -0.39 is 11.7 Å². The molecule has 0 saturated carbocycles. The summed E-state index contributed by atoms with van der Waals surface area (Å²) < 4.78 is 50.6. The third-order valence-electron chi connectivity index (χ3n) is 3.65. The molecule has 0 radical (unpaired) electrons. The van der Waals surface area contributed by atoms with Crippen molar-refractivity contribution in [1.82, 2.24) is 15.2 Å². The number of nitrogens with one attached hydrogen (secondary N) is 2. The molecule has 0 saturated heterocycles. The van der Waals surface area contributed by atoms with Gasteiger partial charge in [0.25, 0.3) is 0 Å². The van der Waals surface area contributed by atoms with Crippen LogP contribution in [0.1, 0.15) is 11.1 Å². The maximum Gasteiger partial charge on any atom is 0.416 e. The molecular weight excluding hydrogens is 362 g/mol. The zero-order valence-electron chi connectivity index (χ0n) is 14.0. The fraction of sp³-hybridized carbons (Fsp3) is 0.167. The van der Waals surface area contributed by atoms with Crippen LogP contribution in [0.4, 0.5) is 35.0 Å². The number of hydrogen-bond acceptors (Lipinski definition) is 5. The number of nitrogens with zero attached hydrogens (tertiary/aromatic N) is 3. The van der Waals surface area contributed by atoms with Gasteiger partial charge in [-0.3, -0.25) is 0 Å². The second-order valence-electron chi connectivity index (χ2n) is 5.67. The predicted octanol–water partition coefficient (Wildman–Crippen LogP) is 4.43. The lowest BCUT2D eigenvalue weighted by atomic mass is 10.1. The van der Waals surface area contributed by atoms with E-state index in [2.05, 4.69) is 25.8 Å². The van der Waals surface area contributed by atoms with Gasteiger partial charge >= 0.3 is 6.18 Å². The van der Waals surface area contributed by atoms with Crippen LogP contribution in [0.2, 0.25) is 0 Å². The SMILES string of the molecule is Fc1ccc(CCNc2nncc(Nc3ccc(C(F)(F)F)cc3)n2)cc1. The minimum atomic E-state index is -4.38. The largest absolute Gasteiger partial charge is 0.416 e.